The van der Waals surface area contributed by atoms with Gasteiger partial charge in [0, 0.05) is 24.8 Å². The van der Waals surface area contributed by atoms with Crippen molar-refractivity contribution in [3.05, 3.63) is 11.9 Å². The molecule has 116 valence electrons. The lowest BCUT2D eigenvalue weighted by Crippen LogP contribution is -2.29. The highest BCUT2D eigenvalue weighted by Crippen LogP contribution is 2.38. The summed E-state index contributed by atoms with van der Waals surface area (Å²) in [4.78, 5) is 7.48. The molecule has 1 aromatic heterocycles. The van der Waals surface area contributed by atoms with Gasteiger partial charge in [-0.3, -0.25) is 4.90 Å². The van der Waals surface area contributed by atoms with Crippen molar-refractivity contribution in [2.45, 2.75) is 76.4 Å². The molecule has 2 unspecified atom stereocenters. The van der Waals surface area contributed by atoms with Gasteiger partial charge >= 0.3 is 0 Å². The third-order valence-corrected chi connectivity index (χ3v) is 5.72. The van der Waals surface area contributed by atoms with Crippen LogP contribution in [0.1, 0.15) is 63.1 Å². The molecule has 0 spiro atoms. The molecule has 1 aliphatic carbocycles. The Hall–Kier alpha value is -1.03. The molecule has 0 aromatic carbocycles. The van der Waals surface area contributed by atoms with Gasteiger partial charge in [0.15, 0.2) is 0 Å². The molecule has 2 saturated heterocycles. The Morgan fingerprint density at radius 3 is 2.71 bits per heavy atom. The van der Waals surface area contributed by atoms with Gasteiger partial charge in [0.25, 0.3) is 0 Å². The number of hydrogen-bond acceptors (Lipinski definition) is 3. The number of imidazole rings is 1. The molecule has 2 aliphatic heterocycles. The number of nitrogens with one attached hydrogen (secondary N) is 1. The SMILES string of the molecule is Cc1cn(C2CCN3CCCC23)c(NC2CCCCC2)n1. The van der Waals surface area contributed by atoms with E-state index < -0.39 is 0 Å². The van der Waals surface area contributed by atoms with E-state index in [0.717, 1.165) is 17.7 Å². The lowest BCUT2D eigenvalue weighted by molar-refractivity contribution is 0.290. The van der Waals surface area contributed by atoms with E-state index >= 15 is 0 Å². The molecule has 1 aromatic rings. The summed E-state index contributed by atoms with van der Waals surface area (Å²) >= 11 is 0. The van der Waals surface area contributed by atoms with Crippen LogP contribution in [0.4, 0.5) is 5.95 Å². The molecular weight excluding hydrogens is 260 g/mol. The van der Waals surface area contributed by atoms with Gasteiger partial charge in [-0.2, -0.15) is 0 Å². The summed E-state index contributed by atoms with van der Waals surface area (Å²) in [5.41, 5.74) is 1.16. The Morgan fingerprint density at radius 1 is 1.00 bits per heavy atom. The van der Waals surface area contributed by atoms with Crippen molar-refractivity contribution in [1.82, 2.24) is 14.5 Å². The monoisotopic (exact) mass is 288 g/mol. The van der Waals surface area contributed by atoms with Crippen LogP contribution >= 0.6 is 0 Å². The maximum atomic E-state index is 4.80. The number of hydrogen-bond donors (Lipinski definition) is 1. The fourth-order valence-corrected chi connectivity index (χ4v) is 4.69. The van der Waals surface area contributed by atoms with Crippen molar-refractivity contribution in [3.8, 4) is 0 Å². The van der Waals surface area contributed by atoms with Crippen LogP contribution in [0.5, 0.6) is 0 Å². The smallest absolute Gasteiger partial charge is 0.203 e. The zero-order valence-corrected chi connectivity index (χ0v) is 13.2. The minimum absolute atomic E-state index is 0.639. The second-order valence-electron chi connectivity index (χ2n) is 7.19. The van der Waals surface area contributed by atoms with E-state index in [0.29, 0.717) is 12.1 Å². The fourth-order valence-electron chi connectivity index (χ4n) is 4.69. The van der Waals surface area contributed by atoms with Crippen LogP contribution in [0.2, 0.25) is 0 Å². The van der Waals surface area contributed by atoms with Crippen LogP contribution < -0.4 is 5.32 Å². The minimum atomic E-state index is 0.639. The first-order chi connectivity index (χ1) is 10.3. The number of fused-ring (bicyclic) bond motifs is 1. The van der Waals surface area contributed by atoms with Gasteiger partial charge < -0.3 is 9.88 Å². The van der Waals surface area contributed by atoms with Gasteiger partial charge in [0.1, 0.15) is 0 Å². The van der Waals surface area contributed by atoms with E-state index in [4.69, 9.17) is 4.98 Å². The second kappa shape index (κ2) is 5.64. The molecule has 21 heavy (non-hydrogen) atoms. The largest absolute Gasteiger partial charge is 0.353 e. The molecule has 1 saturated carbocycles. The zero-order chi connectivity index (χ0) is 14.2. The summed E-state index contributed by atoms with van der Waals surface area (Å²) in [6.07, 6.45) is 13.1. The van der Waals surface area contributed by atoms with Gasteiger partial charge in [-0.05, 0) is 45.6 Å². The molecule has 4 nitrogen and oxygen atoms in total. The molecule has 3 heterocycles. The Kier molecular flexibility index (Phi) is 3.66. The fraction of sp³-hybridized carbons (Fsp3) is 0.824. The molecule has 0 amide bonds. The van der Waals surface area contributed by atoms with E-state index in [2.05, 4.69) is 27.9 Å². The van der Waals surface area contributed by atoms with Gasteiger partial charge in [0.05, 0.1) is 11.7 Å². The van der Waals surface area contributed by atoms with E-state index in [9.17, 15) is 0 Å². The summed E-state index contributed by atoms with van der Waals surface area (Å²) in [6.45, 7) is 4.71. The average molecular weight is 288 g/mol. The lowest BCUT2D eigenvalue weighted by atomic mass is 9.96. The third kappa shape index (κ3) is 2.59. The van der Waals surface area contributed by atoms with Crippen LogP contribution in [0.25, 0.3) is 0 Å². The molecule has 4 rings (SSSR count). The third-order valence-electron chi connectivity index (χ3n) is 5.72. The molecule has 0 bridgehead atoms. The predicted molar refractivity (Wildman–Crippen MR) is 85.7 cm³/mol. The molecule has 4 heteroatoms. The average Bonchev–Trinajstić information content (AvgIpc) is 3.15. The Labute approximate surface area is 127 Å². The van der Waals surface area contributed by atoms with Crippen LogP contribution in [-0.4, -0.2) is 39.6 Å². The summed E-state index contributed by atoms with van der Waals surface area (Å²) in [5.74, 6) is 1.14. The van der Waals surface area contributed by atoms with Crippen molar-refractivity contribution < 1.29 is 0 Å². The van der Waals surface area contributed by atoms with E-state index in [1.54, 1.807) is 0 Å². The number of aryl methyl sites for hydroxylation is 1. The molecule has 2 atom stereocenters. The second-order valence-corrected chi connectivity index (χ2v) is 7.19. The molecule has 3 fully saturated rings. The van der Waals surface area contributed by atoms with Crippen molar-refractivity contribution in [1.29, 1.82) is 0 Å². The Balaban J connectivity index is 1.54. The highest BCUT2D eigenvalue weighted by molar-refractivity contribution is 5.32. The topological polar surface area (TPSA) is 33.1 Å². The lowest BCUT2D eigenvalue weighted by Gasteiger charge is -2.27. The van der Waals surface area contributed by atoms with Crippen LogP contribution in [-0.2, 0) is 0 Å². The minimum Gasteiger partial charge on any atom is -0.353 e. The first-order valence-electron chi connectivity index (χ1n) is 8.87. The van der Waals surface area contributed by atoms with Crippen LogP contribution in [0.15, 0.2) is 6.20 Å². The zero-order valence-electron chi connectivity index (χ0n) is 13.2. The van der Waals surface area contributed by atoms with Gasteiger partial charge in [0.2, 0.25) is 5.95 Å². The first-order valence-corrected chi connectivity index (χ1v) is 8.87. The van der Waals surface area contributed by atoms with Crippen molar-refractivity contribution in [3.63, 3.8) is 0 Å². The van der Waals surface area contributed by atoms with Crippen molar-refractivity contribution >= 4 is 5.95 Å². The molecule has 1 N–H and O–H groups in total. The number of anilines is 1. The van der Waals surface area contributed by atoms with Crippen molar-refractivity contribution in [2.75, 3.05) is 18.4 Å². The van der Waals surface area contributed by atoms with Gasteiger partial charge in [-0.15, -0.1) is 0 Å². The van der Waals surface area contributed by atoms with Crippen LogP contribution in [0, 0.1) is 6.92 Å². The number of rotatable bonds is 3. The number of aromatic nitrogens is 2. The van der Waals surface area contributed by atoms with E-state index in [1.165, 1.54) is 64.5 Å². The summed E-state index contributed by atoms with van der Waals surface area (Å²) in [5, 5.41) is 3.76. The molecule has 3 aliphatic rings. The van der Waals surface area contributed by atoms with Crippen LogP contribution in [0.3, 0.4) is 0 Å². The van der Waals surface area contributed by atoms with E-state index in [1.807, 2.05) is 0 Å². The summed E-state index contributed by atoms with van der Waals surface area (Å²) in [6, 6.07) is 2.03. The van der Waals surface area contributed by atoms with Gasteiger partial charge in [-0.1, -0.05) is 19.3 Å². The van der Waals surface area contributed by atoms with Gasteiger partial charge in [-0.25, -0.2) is 4.98 Å². The molecule has 0 radical (unpaired) electrons. The first kappa shape index (κ1) is 13.6. The predicted octanol–water partition coefficient (Wildman–Crippen LogP) is 3.35. The van der Waals surface area contributed by atoms with Crippen molar-refractivity contribution in [2.24, 2.45) is 0 Å². The Morgan fingerprint density at radius 2 is 1.86 bits per heavy atom. The number of nitrogens with zero attached hydrogens (tertiary/aromatic N) is 3. The maximum absolute atomic E-state index is 4.80. The normalized spacial score (nSPS) is 30.7. The highest BCUT2D eigenvalue weighted by atomic mass is 15.3. The summed E-state index contributed by atoms with van der Waals surface area (Å²) < 4.78 is 2.47. The highest BCUT2D eigenvalue weighted by Gasteiger charge is 2.39. The van der Waals surface area contributed by atoms with E-state index in [-0.39, 0.29) is 0 Å². The summed E-state index contributed by atoms with van der Waals surface area (Å²) in [7, 11) is 0. The standard InChI is InChI=1S/C17H28N4/c1-13-12-21(16-9-11-20-10-5-8-15(16)20)17(18-13)19-14-6-3-2-4-7-14/h12,14-16H,2-11H2,1H3,(H,18,19). The molecular formula is C17H28N4. The maximum Gasteiger partial charge on any atom is 0.203 e. The Bertz CT molecular complexity index is 489. The quantitative estimate of drug-likeness (QED) is 0.926.